The Morgan fingerprint density at radius 3 is 2.90 bits per heavy atom. The van der Waals surface area contributed by atoms with Crippen LogP contribution in [0.25, 0.3) is 10.4 Å². The van der Waals surface area contributed by atoms with Crippen molar-refractivity contribution >= 4 is 52.7 Å². The molecule has 21 heavy (non-hydrogen) atoms. The van der Waals surface area contributed by atoms with E-state index in [0.717, 1.165) is 0 Å². The predicted molar refractivity (Wildman–Crippen MR) is 86.3 cm³/mol. The zero-order chi connectivity index (χ0) is 15.2. The molecule has 0 N–H and O–H groups in total. The Bertz CT molecular complexity index is 743. The van der Waals surface area contributed by atoms with Crippen molar-refractivity contribution in [3.05, 3.63) is 50.4 Å². The van der Waals surface area contributed by atoms with Crippen molar-refractivity contribution in [1.29, 1.82) is 0 Å². The molecule has 1 heterocycles. The number of benzene rings is 1. The van der Waals surface area contributed by atoms with Crippen molar-refractivity contribution in [3.63, 3.8) is 0 Å². The molecule has 0 radical (unpaired) electrons. The Labute approximate surface area is 134 Å². The number of nitrogens with zero attached hydrogens (tertiary/aromatic N) is 6. The minimum atomic E-state index is 0.207. The third-order valence-corrected chi connectivity index (χ3v) is 3.74. The first-order chi connectivity index (χ1) is 10.2. The number of rotatable bonds is 4. The molecular formula is C12H8Cl2N6S. The molecule has 1 aromatic heterocycles. The van der Waals surface area contributed by atoms with Gasteiger partial charge >= 0.3 is 0 Å². The van der Waals surface area contributed by atoms with Crippen molar-refractivity contribution in [2.24, 2.45) is 10.1 Å². The van der Waals surface area contributed by atoms with Gasteiger partial charge in [0.05, 0.1) is 15.7 Å². The minimum absolute atomic E-state index is 0.207. The van der Waals surface area contributed by atoms with Crippen LogP contribution in [0, 0.1) is 0 Å². The highest BCUT2D eigenvalue weighted by molar-refractivity contribution is 7.98. The standard InChI is InChI=1S/C12H8Cl2N6S/c1-21-12-17-6-7(11(18-12)19-20-15)5-16-9-4-2-3-8(13)10(9)14/h2-6H,1H3. The molecule has 0 saturated heterocycles. The van der Waals surface area contributed by atoms with Crippen LogP contribution in [0.3, 0.4) is 0 Å². The fraction of sp³-hybridized carbons (Fsp3) is 0.0833. The third-order valence-electron chi connectivity index (χ3n) is 2.37. The summed E-state index contributed by atoms with van der Waals surface area (Å²) in [4.78, 5) is 15.2. The van der Waals surface area contributed by atoms with Crippen molar-refractivity contribution in [2.75, 3.05) is 6.26 Å². The lowest BCUT2D eigenvalue weighted by Gasteiger charge is -2.02. The van der Waals surface area contributed by atoms with Gasteiger partial charge in [0.2, 0.25) is 0 Å². The molecule has 6 nitrogen and oxygen atoms in total. The average molecular weight is 339 g/mol. The van der Waals surface area contributed by atoms with Crippen LogP contribution in [-0.2, 0) is 0 Å². The SMILES string of the molecule is CSc1ncc(C=Nc2cccc(Cl)c2Cl)c(N=[N+]=[N-])n1. The zero-order valence-corrected chi connectivity index (χ0v) is 13.1. The van der Waals surface area contributed by atoms with Gasteiger partial charge in [0.1, 0.15) is 5.82 Å². The molecule has 2 rings (SSSR count). The van der Waals surface area contributed by atoms with Crippen molar-refractivity contribution < 1.29 is 0 Å². The van der Waals surface area contributed by atoms with Crippen LogP contribution in [0.1, 0.15) is 5.56 Å². The van der Waals surface area contributed by atoms with Gasteiger partial charge in [-0.25, -0.2) is 9.97 Å². The van der Waals surface area contributed by atoms with Crippen LogP contribution in [0.15, 0.2) is 39.7 Å². The molecule has 0 saturated carbocycles. The summed E-state index contributed by atoms with van der Waals surface area (Å²) >= 11 is 13.3. The Kier molecular flexibility index (Phi) is 5.41. The molecule has 0 fully saturated rings. The van der Waals surface area contributed by atoms with Gasteiger partial charge < -0.3 is 0 Å². The highest BCUT2D eigenvalue weighted by Crippen LogP contribution is 2.31. The number of hydrogen-bond donors (Lipinski definition) is 0. The summed E-state index contributed by atoms with van der Waals surface area (Å²) in [6, 6.07) is 5.13. The Balaban J connectivity index is 2.40. The minimum Gasteiger partial charge on any atom is -0.255 e. The van der Waals surface area contributed by atoms with Crippen molar-refractivity contribution in [2.45, 2.75) is 5.16 Å². The lowest BCUT2D eigenvalue weighted by molar-refractivity contribution is 0.962. The van der Waals surface area contributed by atoms with E-state index in [9.17, 15) is 0 Å². The van der Waals surface area contributed by atoms with E-state index in [-0.39, 0.29) is 5.82 Å². The fourth-order valence-electron chi connectivity index (χ4n) is 1.41. The molecule has 0 aliphatic rings. The second kappa shape index (κ2) is 7.28. The number of azide groups is 1. The fourth-order valence-corrected chi connectivity index (χ4v) is 2.09. The van der Waals surface area contributed by atoms with Crippen LogP contribution in [0.4, 0.5) is 11.5 Å². The Morgan fingerprint density at radius 2 is 2.19 bits per heavy atom. The zero-order valence-electron chi connectivity index (χ0n) is 10.7. The van der Waals surface area contributed by atoms with Gasteiger partial charge in [-0.3, -0.25) is 4.99 Å². The summed E-state index contributed by atoms with van der Waals surface area (Å²) in [5, 5.41) is 4.80. The second-order valence-electron chi connectivity index (χ2n) is 3.66. The van der Waals surface area contributed by atoms with Crippen LogP contribution in [-0.4, -0.2) is 22.4 Å². The summed E-state index contributed by atoms with van der Waals surface area (Å²) in [5.41, 5.74) is 9.57. The number of aromatic nitrogens is 2. The summed E-state index contributed by atoms with van der Waals surface area (Å²) in [7, 11) is 0. The van der Waals surface area contributed by atoms with Crippen LogP contribution >= 0.6 is 35.0 Å². The van der Waals surface area contributed by atoms with E-state index in [1.165, 1.54) is 24.2 Å². The van der Waals surface area contributed by atoms with Gasteiger partial charge in [-0.1, -0.05) is 41.0 Å². The van der Waals surface area contributed by atoms with E-state index in [1.54, 1.807) is 18.2 Å². The average Bonchev–Trinajstić information content (AvgIpc) is 2.50. The first-order valence-electron chi connectivity index (χ1n) is 5.60. The largest absolute Gasteiger partial charge is 0.255 e. The van der Waals surface area contributed by atoms with Gasteiger partial charge in [-0.15, -0.1) is 0 Å². The van der Waals surface area contributed by atoms with E-state index in [2.05, 4.69) is 25.0 Å². The molecule has 9 heteroatoms. The Hall–Kier alpha value is -1.79. The van der Waals surface area contributed by atoms with E-state index in [4.69, 9.17) is 28.7 Å². The van der Waals surface area contributed by atoms with Crippen LogP contribution < -0.4 is 0 Å². The second-order valence-corrected chi connectivity index (χ2v) is 5.21. The molecule has 106 valence electrons. The number of thioether (sulfide) groups is 1. The maximum Gasteiger partial charge on any atom is 0.187 e. The van der Waals surface area contributed by atoms with Gasteiger partial charge in [-0.2, -0.15) is 0 Å². The molecule has 0 amide bonds. The quantitative estimate of drug-likeness (QED) is 0.192. The molecule has 0 bridgehead atoms. The molecular weight excluding hydrogens is 331 g/mol. The number of halogens is 2. The smallest absolute Gasteiger partial charge is 0.187 e. The van der Waals surface area contributed by atoms with Crippen LogP contribution in [0.5, 0.6) is 0 Å². The molecule has 0 aliphatic carbocycles. The maximum absolute atomic E-state index is 8.58. The molecule has 1 aromatic carbocycles. The molecule has 2 aromatic rings. The van der Waals surface area contributed by atoms with E-state index >= 15 is 0 Å². The predicted octanol–water partition coefficient (Wildman–Crippen LogP) is 5.20. The first kappa shape index (κ1) is 15.6. The topological polar surface area (TPSA) is 86.9 Å². The van der Waals surface area contributed by atoms with Crippen LogP contribution in [0.2, 0.25) is 10.0 Å². The van der Waals surface area contributed by atoms with Gasteiger partial charge in [0.15, 0.2) is 5.16 Å². The van der Waals surface area contributed by atoms with E-state index < -0.39 is 0 Å². The molecule has 0 spiro atoms. The lowest BCUT2D eigenvalue weighted by atomic mass is 10.3. The van der Waals surface area contributed by atoms with Gasteiger partial charge in [0, 0.05) is 22.9 Å². The number of hydrogen-bond acceptors (Lipinski definition) is 5. The maximum atomic E-state index is 8.58. The third kappa shape index (κ3) is 3.86. The lowest BCUT2D eigenvalue weighted by Crippen LogP contribution is -1.91. The summed E-state index contributed by atoms with van der Waals surface area (Å²) in [6.45, 7) is 0. The van der Waals surface area contributed by atoms with Crippen molar-refractivity contribution in [3.8, 4) is 0 Å². The highest BCUT2D eigenvalue weighted by Gasteiger charge is 2.05. The Morgan fingerprint density at radius 1 is 1.38 bits per heavy atom. The number of aliphatic imine (C=N–C) groups is 1. The summed E-state index contributed by atoms with van der Waals surface area (Å²) in [5.74, 6) is 0.207. The molecule has 0 aliphatic heterocycles. The van der Waals surface area contributed by atoms with E-state index in [0.29, 0.717) is 26.5 Å². The summed E-state index contributed by atoms with van der Waals surface area (Å²) in [6.07, 6.45) is 4.84. The van der Waals surface area contributed by atoms with Gasteiger partial charge in [0.25, 0.3) is 0 Å². The highest BCUT2D eigenvalue weighted by atomic mass is 35.5. The molecule has 0 unspecified atom stereocenters. The van der Waals surface area contributed by atoms with E-state index in [1.807, 2.05) is 6.26 Å². The van der Waals surface area contributed by atoms with Crippen molar-refractivity contribution in [1.82, 2.24) is 9.97 Å². The summed E-state index contributed by atoms with van der Waals surface area (Å²) < 4.78 is 0. The normalized spacial score (nSPS) is 10.6. The monoisotopic (exact) mass is 338 g/mol. The first-order valence-corrected chi connectivity index (χ1v) is 7.58. The molecule has 0 atom stereocenters. The van der Waals surface area contributed by atoms with Gasteiger partial charge in [-0.05, 0) is 29.0 Å².